The summed E-state index contributed by atoms with van der Waals surface area (Å²) in [5.41, 5.74) is -0.726. The molecule has 0 aliphatic heterocycles. The summed E-state index contributed by atoms with van der Waals surface area (Å²) in [7, 11) is 0. The molecule has 0 saturated carbocycles. The van der Waals surface area contributed by atoms with Crippen LogP contribution >= 0.6 is 0 Å². The third-order valence-electron chi connectivity index (χ3n) is 1.37. The zero-order valence-corrected chi connectivity index (χ0v) is 6.90. The molecule has 1 aromatic rings. The van der Waals surface area contributed by atoms with Crippen LogP contribution in [0.3, 0.4) is 0 Å². The van der Waals surface area contributed by atoms with Crippen molar-refractivity contribution in [1.29, 1.82) is 5.26 Å². The van der Waals surface area contributed by atoms with Crippen LogP contribution < -0.4 is 4.74 Å². The van der Waals surface area contributed by atoms with Gasteiger partial charge >= 0.3 is 6.36 Å². The Labute approximate surface area is 80.5 Å². The van der Waals surface area contributed by atoms with E-state index in [1.54, 1.807) is 0 Å². The average molecular weight is 223 g/mol. The number of hydrogen-bond donors (Lipinski definition) is 0. The van der Waals surface area contributed by atoms with Crippen molar-refractivity contribution >= 4 is 0 Å². The Balaban J connectivity index is 3.15. The maximum absolute atomic E-state index is 12.7. The third kappa shape index (κ3) is 2.80. The zero-order valence-electron chi connectivity index (χ0n) is 6.90. The molecule has 80 valence electrons. The molecule has 0 aliphatic carbocycles. The largest absolute Gasteiger partial charge is 0.573 e. The van der Waals surface area contributed by atoms with Gasteiger partial charge in [-0.25, -0.2) is 8.78 Å². The van der Waals surface area contributed by atoms with Gasteiger partial charge in [0.2, 0.25) is 0 Å². The van der Waals surface area contributed by atoms with E-state index in [9.17, 15) is 22.0 Å². The van der Waals surface area contributed by atoms with Gasteiger partial charge in [0, 0.05) is 12.1 Å². The lowest BCUT2D eigenvalue weighted by Crippen LogP contribution is -2.18. The monoisotopic (exact) mass is 223 g/mol. The Morgan fingerprint density at radius 3 is 2.20 bits per heavy atom. The molecule has 0 N–H and O–H groups in total. The normalized spacial score (nSPS) is 10.9. The van der Waals surface area contributed by atoms with Crippen molar-refractivity contribution < 1.29 is 26.7 Å². The highest BCUT2D eigenvalue weighted by atomic mass is 19.4. The minimum absolute atomic E-state index is 0.152. The molecule has 0 bridgehead atoms. The van der Waals surface area contributed by atoms with Crippen molar-refractivity contribution in [3.05, 3.63) is 29.3 Å². The van der Waals surface area contributed by atoms with E-state index >= 15 is 0 Å². The molecule has 2 nitrogen and oxygen atoms in total. The van der Waals surface area contributed by atoms with Gasteiger partial charge < -0.3 is 4.74 Å². The maximum atomic E-state index is 12.7. The number of hydrogen-bond acceptors (Lipinski definition) is 2. The first-order chi connectivity index (χ1) is 6.83. The maximum Gasteiger partial charge on any atom is 0.573 e. The lowest BCUT2D eigenvalue weighted by molar-refractivity contribution is -0.275. The minimum atomic E-state index is -5.09. The fourth-order valence-electron chi connectivity index (χ4n) is 0.818. The van der Waals surface area contributed by atoms with Crippen LogP contribution in [0.2, 0.25) is 0 Å². The number of alkyl halides is 3. The molecule has 0 unspecified atom stereocenters. The SMILES string of the molecule is N#Cc1cc(OC(F)(F)F)c(F)cc1F. The first-order valence-electron chi connectivity index (χ1n) is 3.48. The van der Waals surface area contributed by atoms with Gasteiger partial charge in [0.25, 0.3) is 0 Å². The van der Waals surface area contributed by atoms with Crippen LogP contribution in [-0.2, 0) is 0 Å². The van der Waals surface area contributed by atoms with Gasteiger partial charge in [-0.3, -0.25) is 0 Å². The van der Waals surface area contributed by atoms with Gasteiger partial charge in [0.15, 0.2) is 11.6 Å². The van der Waals surface area contributed by atoms with Crippen molar-refractivity contribution in [2.75, 3.05) is 0 Å². The molecule has 0 aromatic heterocycles. The highest BCUT2D eigenvalue weighted by molar-refractivity contribution is 5.38. The first-order valence-corrected chi connectivity index (χ1v) is 3.48. The molecule has 0 saturated heterocycles. The van der Waals surface area contributed by atoms with Crippen molar-refractivity contribution in [3.63, 3.8) is 0 Å². The smallest absolute Gasteiger partial charge is 0.403 e. The van der Waals surface area contributed by atoms with Crippen molar-refractivity contribution in [2.24, 2.45) is 0 Å². The van der Waals surface area contributed by atoms with E-state index in [1.807, 2.05) is 0 Å². The van der Waals surface area contributed by atoms with Crippen LogP contribution in [0.15, 0.2) is 12.1 Å². The fourth-order valence-corrected chi connectivity index (χ4v) is 0.818. The number of rotatable bonds is 1. The van der Waals surface area contributed by atoms with E-state index in [2.05, 4.69) is 4.74 Å². The van der Waals surface area contributed by atoms with E-state index in [0.717, 1.165) is 0 Å². The van der Waals surface area contributed by atoms with Gasteiger partial charge in [-0.1, -0.05) is 0 Å². The number of nitrogens with zero attached hydrogens (tertiary/aromatic N) is 1. The molecule has 0 fully saturated rings. The predicted octanol–water partition coefficient (Wildman–Crippen LogP) is 2.74. The Bertz CT molecular complexity index is 420. The van der Waals surface area contributed by atoms with Gasteiger partial charge in [0.1, 0.15) is 11.9 Å². The zero-order chi connectivity index (χ0) is 11.6. The van der Waals surface area contributed by atoms with E-state index < -0.39 is 29.3 Å². The summed E-state index contributed by atoms with van der Waals surface area (Å²) in [6, 6.07) is 1.76. The van der Waals surface area contributed by atoms with Crippen LogP contribution in [0.4, 0.5) is 22.0 Å². The Morgan fingerprint density at radius 2 is 1.73 bits per heavy atom. The minimum Gasteiger partial charge on any atom is -0.403 e. The molecule has 0 aliphatic rings. The van der Waals surface area contributed by atoms with Crippen LogP contribution in [0.5, 0.6) is 5.75 Å². The van der Waals surface area contributed by atoms with Crippen molar-refractivity contribution in [1.82, 2.24) is 0 Å². The summed E-state index contributed by atoms with van der Waals surface area (Å²) in [6.07, 6.45) is -5.09. The molecular formula is C8H2F5NO. The second-order valence-corrected chi connectivity index (χ2v) is 2.42. The lowest BCUT2D eigenvalue weighted by atomic mass is 10.2. The van der Waals surface area contributed by atoms with Crippen LogP contribution in [-0.4, -0.2) is 6.36 Å². The topological polar surface area (TPSA) is 33.0 Å². The number of ether oxygens (including phenoxy) is 1. The van der Waals surface area contributed by atoms with Crippen LogP contribution in [0.1, 0.15) is 5.56 Å². The summed E-state index contributed by atoms with van der Waals surface area (Å²) in [5.74, 6) is -4.01. The highest BCUT2D eigenvalue weighted by Gasteiger charge is 2.32. The van der Waals surface area contributed by atoms with Gasteiger partial charge in [0.05, 0.1) is 5.56 Å². The first kappa shape index (κ1) is 11.2. The average Bonchev–Trinajstić information content (AvgIpc) is 2.07. The summed E-state index contributed by atoms with van der Waals surface area (Å²) in [6.45, 7) is 0. The molecule has 1 rings (SSSR count). The lowest BCUT2D eigenvalue weighted by Gasteiger charge is -2.09. The third-order valence-corrected chi connectivity index (χ3v) is 1.37. The molecule has 15 heavy (non-hydrogen) atoms. The second kappa shape index (κ2) is 3.73. The number of benzene rings is 1. The summed E-state index contributed by atoms with van der Waals surface area (Å²) >= 11 is 0. The fraction of sp³-hybridized carbons (Fsp3) is 0.125. The number of halogens is 5. The van der Waals surface area contributed by atoms with Gasteiger partial charge in [-0.05, 0) is 0 Å². The standard InChI is InChI=1S/C8H2F5NO/c9-5-2-6(10)7(1-4(5)3-14)15-8(11,12)13/h1-2H. The van der Waals surface area contributed by atoms with E-state index in [0.29, 0.717) is 6.07 Å². The van der Waals surface area contributed by atoms with Crippen LogP contribution in [0, 0.1) is 23.0 Å². The molecule has 0 heterocycles. The molecular weight excluding hydrogens is 221 g/mol. The molecule has 0 atom stereocenters. The Hall–Kier alpha value is -1.84. The van der Waals surface area contributed by atoms with Crippen molar-refractivity contribution in [2.45, 2.75) is 6.36 Å². The quantitative estimate of drug-likeness (QED) is 0.685. The van der Waals surface area contributed by atoms with Crippen LogP contribution in [0.25, 0.3) is 0 Å². The molecule has 0 spiro atoms. The van der Waals surface area contributed by atoms with E-state index in [-0.39, 0.29) is 6.07 Å². The highest BCUT2D eigenvalue weighted by Crippen LogP contribution is 2.27. The van der Waals surface area contributed by atoms with Gasteiger partial charge in [-0.15, -0.1) is 13.2 Å². The number of nitriles is 1. The predicted molar refractivity (Wildman–Crippen MR) is 37.8 cm³/mol. The van der Waals surface area contributed by atoms with E-state index in [4.69, 9.17) is 5.26 Å². The van der Waals surface area contributed by atoms with Gasteiger partial charge in [-0.2, -0.15) is 5.26 Å². The second-order valence-electron chi connectivity index (χ2n) is 2.42. The molecule has 0 radical (unpaired) electrons. The van der Waals surface area contributed by atoms with E-state index in [1.165, 1.54) is 6.07 Å². The Kier molecular flexibility index (Phi) is 2.79. The Morgan fingerprint density at radius 1 is 1.13 bits per heavy atom. The molecule has 0 amide bonds. The van der Waals surface area contributed by atoms with Crippen molar-refractivity contribution in [3.8, 4) is 11.8 Å². The molecule has 1 aromatic carbocycles. The molecule has 7 heteroatoms. The summed E-state index contributed by atoms with van der Waals surface area (Å²) in [5, 5.41) is 8.28. The summed E-state index contributed by atoms with van der Waals surface area (Å²) < 4.78 is 63.7. The summed E-state index contributed by atoms with van der Waals surface area (Å²) in [4.78, 5) is 0.